The third kappa shape index (κ3) is 9.12. The summed E-state index contributed by atoms with van der Waals surface area (Å²) in [5.74, 6) is 0.436. The largest absolute Gasteiger partial charge is 0.133 e. The van der Waals surface area contributed by atoms with Crippen molar-refractivity contribution in [2.75, 3.05) is 0 Å². The zero-order valence-electron chi connectivity index (χ0n) is 48.4. The molecular weight excluding hydrogens is 1050 g/mol. The van der Waals surface area contributed by atoms with Gasteiger partial charge in [-0.15, -0.1) is 20.1 Å². The van der Waals surface area contributed by atoms with Gasteiger partial charge in [-0.1, -0.05) is 258 Å². The van der Waals surface area contributed by atoms with Crippen LogP contribution in [0.3, 0.4) is 0 Å². The van der Waals surface area contributed by atoms with Gasteiger partial charge in [0, 0.05) is 50.5 Å². The molecule has 1 fully saturated rings. The number of allylic oxidation sites excluding steroid dienone is 3. The second-order valence-electron chi connectivity index (χ2n) is 21.5. The van der Waals surface area contributed by atoms with Crippen LogP contribution in [0.5, 0.6) is 0 Å². The Morgan fingerprint density at radius 1 is 0.357 bits per heavy atom. The fraction of sp³-hybridized carbons (Fsp3) is 0.0976. The predicted molar refractivity (Wildman–Crippen MR) is 360 cm³/mol. The summed E-state index contributed by atoms with van der Waals surface area (Å²) >= 11 is 0. The van der Waals surface area contributed by atoms with Gasteiger partial charge in [0.15, 0.2) is 0 Å². The Labute approximate surface area is 500 Å². The van der Waals surface area contributed by atoms with Gasteiger partial charge in [-0.05, 0) is 175 Å². The van der Waals surface area contributed by atoms with Crippen LogP contribution in [-0.2, 0) is 5.41 Å². The Bertz CT molecular complexity index is 4300. The molecule has 15 rings (SSSR count). The molecule has 3 aliphatic rings. The molecule has 0 heterocycles. The van der Waals surface area contributed by atoms with Crippen molar-refractivity contribution in [3.63, 3.8) is 0 Å². The third-order valence-electron chi connectivity index (χ3n) is 17.2. The van der Waals surface area contributed by atoms with E-state index < -0.39 is 20.1 Å². The molecule has 3 atom stereocenters. The lowest BCUT2D eigenvalue weighted by molar-refractivity contribution is 0.900. The van der Waals surface area contributed by atoms with Crippen LogP contribution >= 0.6 is 20.1 Å². The highest BCUT2D eigenvalue weighted by Gasteiger charge is 2.55. The van der Waals surface area contributed by atoms with Gasteiger partial charge in [-0.25, -0.2) is 0 Å². The lowest BCUT2D eigenvalue weighted by Crippen LogP contribution is -2.30. The molecule has 0 N–H and O–H groups in total. The summed E-state index contributed by atoms with van der Waals surface area (Å²) in [5, 5.41) is 7.86. The quantitative estimate of drug-likeness (QED) is 0.113. The fourth-order valence-electron chi connectivity index (χ4n) is 13.6. The van der Waals surface area contributed by atoms with Crippen LogP contribution < -0.4 is 10.4 Å². The Balaban J connectivity index is 0.00000161. The van der Waals surface area contributed by atoms with E-state index in [9.17, 15) is 0 Å². The van der Waals surface area contributed by atoms with Crippen molar-refractivity contribution in [2.24, 2.45) is 5.92 Å². The molecule has 3 unspecified atom stereocenters. The summed E-state index contributed by atoms with van der Waals surface area (Å²) in [6.45, 7) is 8.00. The smallest absolute Gasteiger partial charge is 0.0278 e. The molecule has 410 valence electrons. The summed E-state index contributed by atoms with van der Waals surface area (Å²) in [6, 6.07) is 111. The molecular formula is C82H70S2. The maximum Gasteiger partial charge on any atom is 0.0278 e. The normalized spacial score (nSPS) is 16.8. The van der Waals surface area contributed by atoms with E-state index in [1.807, 2.05) is 27.7 Å². The van der Waals surface area contributed by atoms with E-state index in [2.05, 4.69) is 328 Å². The van der Waals surface area contributed by atoms with Crippen LogP contribution in [0.4, 0.5) is 0 Å². The summed E-state index contributed by atoms with van der Waals surface area (Å²) in [7, 11) is -4.08. The first-order valence-electron chi connectivity index (χ1n) is 30.0. The minimum absolute atomic E-state index is 0.0804. The van der Waals surface area contributed by atoms with Crippen LogP contribution in [0.25, 0.3) is 50.9 Å². The first-order chi connectivity index (χ1) is 41.6. The van der Waals surface area contributed by atoms with Crippen molar-refractivity contribution in [1.82, 2.24) is 0 Å². The highest BCUT2D eigenvalue weighted by atomic mass is 32.3. The molecule has 0 spiro atoms. The predicted octanol–water partition coefficient (Wildman–Crippen LogP) is 21.6. The van der Waals surface area contributed by atoms with Crippen molar-refractivity contribution in [2.45, 2.75) is 84.6 Å². The monoisotopic (exact) mass is 1120 g/mol. The zero-order chi connectivity index (χ0) is 57.1. The van der Waals surface area contributed by atoms with Gasteiger partial charge in [0.25, 0.3) is 0 Å². The average molecular weight is 1120 g/mol. The highest BCUT2D eigenvalue weighted by molar-refractivity contribution is 8.34. The Kier molecular flexibility index (Phi) is 15.1. The standard InChI is InChI=1S/C78H58S2.2C2H6/c1-7-32-62(33-8-1)79(63-34-9-2-10-35-63,64-36-11-3-12-37-64)68-47-49-73-74(52-68)76(59-31-25-30-58(50-59)71-45-24-22-27-56-26-21-23-44-70(56)71)72-48-46-69(53-75(72)77(73)78-54-60-29-20-19-28-57(60)51-61(78)55-78)80(65-38-13-4-14-39-65,66-40-15-5-16-41-66)67-42-17-6-18-43-67;2*1-2/h1-54,61,71H,55H2;2*1-2H3. The first kappa shape index (κ1) is 54.3. The average Bonchev–Trinajstić information content (AvgIpc) is 1.55. The van der Waals surface area contributed by atoms with E-state index in [1.165, 1.54) is 105 Å². The number of hydrogen-bond donors (Lipinski definition) is 0. The van der Waals surface area contributed by atoms with E-state index in [-0.39, 0.29) is 11.3 Å². The minimum Gasteiger partial charge on any atom is -0.133 e. The fourth-order valence-corrected chi connectivity index (χ4v) is 21.4. The Morgan fingerprint density at radius 2 is 0.810 bits per heavy atom. The van der Waals surface area contributed by atoms with E-state index >= 15 is 0 Å². The molecule has 2 heteroatoms. The van der Waals surface area contributed by atoms with Gasteiger partial charge in [-0.3, -0.25) is 0 Å². The van der Waals surface area contributed by atoms with Crippen LogP contribution in [0.15, 0.2) is 349 Å². The second-order valence-corrected chi connectivity index (χ2v) is 27.8. The van der Waals surface area contributed by atoms with Crippen molar-refractivity contribution in [3.05, 3.63) is 342 Å². The number of hydrogen-bond acceptors (Lipinski definition) is 0. The molecule has 3 aliphatic carbocycles. The molecule has 0 aromatic heterocycles. The summed E-state index contributed by atoms with van der Waals surface area (Å²) in [5.41, 5.74) is 7.56. The maximum atomic E-state index is 2.66. The zero-order valence-corrected chi connectivity index (χ0v) is 50.0. The molecule has 12 aromatic rings. The molecule has 0 aliphatic heterocycles. The van der Waals surface area contributed by atoms with Gasteiger partial charge in [-0.2, -0.15) is 0 Å². The van der Waals surface area contributed by atoms with Crippen molar-refractivity contribution >= 4 is 59.8 Å². The Hall–Kier alpha value is -8.92. The molecule has 84 heavy (non-hydrogen) atoms. The number of benzene rings is 12. The lowest BCUT2D eigenvalue weighted by Gasteiger charge is -2.42. The molecule has 1 saturated carbocycles. The molecule has 12 aromatic carbocycles. The van der Waals surface area contributed by atoms with Crippen LogP contribution in [-0.4, -0.2) is 0 Å². The van der Waals surface area contributed by atoms with E-state index in [0.29, 0.717) is 5.92 Å². The van der Waals surface area contributed by atoms with Crippen LogP contribution in [0, 0.1) is 5.92 Å². The van der Waals surface area contributed by atoms with Crippen molar-refractivity contribution in [3.8, 4) is 11.1 Å². The van der Waals surface area contributed by atoms with Gasteiger partial charge in [0.05, 0.1) is 0 Å². The van der Waals surface area contributed by atoms with E-state index in [0.717, 1.165) is 6.42 Å². The summed E-state index contributed by atoms with van der Waals surface area (Å²) in [6.07, 6.45) is 15.3. The second kappa shape index (κ2) is 23.4. The highest BCUT2D eigenvalue weighted by Crippen LogP contribution is 2.76. The topological polar surface area (TPSA) is 0 Å². The third-order valence-corrected chi connectivity index (χ3v) is 25.0. The molecule has 0 nitrogen and oxygen atoms in total. The Morgan fingerprint density at radius 3 is 1.33 bits per heavy atom. The van der Waals surface area contributed by atoms with Gasteiger partial charge >= 0.3 is 0 Å². The lowest BCUT2D eigenvalue weighted by atomic mass is 9.79. The van der Waals surface area contributed by atoms with Crippen molar-refractivity contribution in [1.29, 1.82) is 0 Å². The number of fused-ring (bicyclic) bond motifs is 5. The maximum absolute atomic E-state index is 2.66. The first-order valence-corrected chi connectivity index (χ1v) is 33.3. The summed E-state index contributed by atoms with van der Waals surface area (Å²) in [4.78, 5) is 10.5. The summed E-state index contributed by atoms with van der Waals surface area (Å²) < 4.78 is 0. The molecule has 0 amide bonds. The van der Waals surface area contributed by atoms with Crippen LogP contribution in [0.2, 0.25) is 0 Å². The van der Waals surface area contributed by atoms with Crippen LogP contribution in [0.1, 0.15) is 62.3 Å². The van der Waals surface area contributed by atoms with E-state index in [1.54, 1.807) is 0 Å². The van der Waals surface area contributed by atoms with Gasteiger partial charge in [0.1, 0.15) is 0 Å². The van der Waals surface area contributed by atoms with E-state index in [4.69, 9.17) is 0 Å². The minimum atomic E-state index is -2.05. The molecule has 0 bridgehead atoms. The SMILES string of the molecule is C1=Cc2ccccc2C(c2cccc(-c3c4cc(S(c5ccccc5)(c5ccccc5)c5ccccc5)ccc4c(C45C=c6ccccc6=CC4C5)c4cc(S(c5ccccc5)(c5ccccc5)c5ccccc5)ccc34)c2)C=C1.CC.CC. The molecule has 0 saturated heterocycles. The molecule has 0 radical (unpaired) electrons. The van der Waals surface area contributed by atoms with Gasteiger partial charge in [0.2, 0.25) is 0 Å². The number of rotatable bonds is 11. The van der Waals surface area contributed by atoms with Crippen molar-refractivity contribution < 1.29 is 0 Å². The van der Waals surface area contributed by atoms with Gasteiger partial charge < -0.3 is 0 Å².